The first-order valence-corrected chi connectivity index (χ1v) is 19.4. The summed E-state index contributed by atoms with van der Waals surface area (Å²) in [4.78, 5) is 94.0. The van der Waals surface area contributed by atoms with Crippen molar-refractivity contribution in [3.8, 4) is 0 Å². The van der Waals surface area contributed by atoms with Crippen LogP contribution >= 0.6 is 22.6 Å². The fraction of sp³-hybridized carbons (Fsp3) is 0.649. The molecule has 5 amide bonds. The van der Waals surface area contributed by atoms with E-state index in [1.807, 2.05) is 27.7 Å². The highest BCUT2D eigenvalue weighted by Crippen LogP contribution is 2.37. The Morgan fingerprint density at radius 1 is 0.981 bits per heavy atom. The molecule has 3 unspecified atom stereocenters. The smallest absolute Gasteiger partial charge is 0.407 e. The van der Waals surface area contributed by atoms with Crippen LogP contribution in [0.2, 0.25) is 0 Å². The fourth-order valence-electron chi connectivity index (χ4n) is 6.76. The molecule has 1 saturated carbocycles. The summed E-state index contributed by atoms with van der Waals surface area (Å²) >= 11 is 2.35. The van der Waals surface area contributed by atoms with E-state index >= 15 is 0 Å². The van der Waals surface area contributed by atoms with Crippen molar-refractivity contribution in [1.29, 1.82) is 0 Å². The van der Waals surface area contributed by atoms with Gasteiger partial charge in [-0.25, -0.2) is 9.59 Å². The van der Waals surface area contributed by atoms with Gasteiger partial charge in [-0.15, -0.1) is 0 Å². The van der Waals surface area contributed by atoms with Gasteiger partial charge in [-0.05, 0) is 54.9 Å². The summed E-state index contributed by atoms with van der Waals surface area (Å²) in [6, 6.07) is 1.39. The van der Waals surface area contributed by atoms with Gasteiger partial charge in [0.05, 0.1) is 19.3 Å². The lowest BCUT2D eigenvalue weighted by atomic mass is 9.83. The second-order valence-corrected chi connectivity index (χ2v) is 16.9. The molecule has 1 saturated heterocycles. The lowest BCUT2D eigenvalue weighted by Crippen LogP contribution is -2.59. The number of halogens is 1. The summed E-state index contributed by atoms with van der Waals surface area (Å²) in [5.74, 6) is -5.91. The van der Waals surface area contributed by atoms with Crippen LogP contribution in [-0.2, 0) is 33.5 Å². The number of nitrogens with one attached hydrogen (secondary N) is 4. The van der Waals surface area contributed by atoms with Crippen molar-refractivity contribution in [2.45, 2.75) is 114 Å². The molecule has 7 atom stereocenters. The summed E-state index contributed by atoms with van der Waals surface area (Å²) < 4.78 is 5.68. The van der Waals surface area contributed by atoms with Crippen molar-refractivity contribution in [2.24, 2.45) is 17.3 Å². The van der Waals surface area contributed by atoms with E-state index in [0.29, 0.717) is 23.2 Å². The van der Waals surface area contributed by atoms with E-state index in [9.17, 15) is 43.8 Å². The molecule has 0 spiro atoms. The first kappa shape index (κ1) is 43.6. The summed E-state index contributed by atoms with van der Waals surface area (Å²) in [6.07, 6.45) is 3.28. The van der Waals surface area contributed by atoms with Gasteiger partial charge in [0.25, 0.3) is 5.91 Å². The zero-order chi connectivity index (χ0) is 39.5. The second kappa shape index (κ2) is 20.0. The predicted molar refractivity (Wildman–Crippen MR) is 203 cm³/mol. The summed E-state index contributed by atoms with van der Waals surface area (Å²) in [5, 5.41) is 29.4. The Bertz CT molecular complexity index is 1470. The van der Waals surface area contributed by atoms with E-state index in [4.69, 9.17) is 4.74 Å². The Hall–Kier alpha value is -3.80. The number of nitrogens with zero attached hydrogens (tertiary/aromatic N) is 1. The van der Waals surface area contributed by atoms with Crippen LogP contribution in [-0.4, -0.2) is 104 Å². The number of alkyl carbamates (subject to hydrolysis) is 1. The number of benzene rings is 1. The van der Waals surface area contributed by atoms with Crippen LogP contribution in [0, 0.1) is 17.3 Å². The van der Waals surface area contributed by atoms with E-state index in [0.717, 1.165) is 12.8 Å². The summed E-state index contributed by atoms with van der Waals surface area (Å²) in [6.45, 7) is 8.82. The number of ether oxygens (including phenoxy) is 1. The maximum absolute atomic E-state index is 14.4. The van der Waals surface area contributed by atoms with E-state index < -0.39 is 83.7 Å². The normalized spacial score (nSPS) is 21.7. The molecule has 0 aromatic heterocycles. The molecule has 3 rings (SSSR count). The highest BCUT2D eigenvalue weighted by molar-refractivity contribution is 14.1. The number of carbonyl (C=O) groups is 7. The minimum atomic E-state index is -1.67. The number of alkyl halides is 1. The Balaban J connectivity index is 1.77. The molecule has 15 nitrogen and oxygen atoms in total. The molecular weight excluding hydrogens is 801 g/mol. The predicted octanol–water partition coefficient (Wildman–Crippen LogP) is 2.63. The minimum absolute atomic E-state index is 0.0537. The molecule has 294 valence electrons. The minimum Gasteiger partial charge on any atom is -0.479 e. The van der Waals surface area contributed by atoms with Crippen LogP contribution in [0.3, 0.4) is 0 Å². The topological polar surface area (TPSA) is 221 Å². The Kier molecular flexibility index (Phi) is 16.5. The average molecular weight is 856 g/mol. The number of hydrogen-bond donors (Lipinski definition) is 6. The van der Waals surface area contributed by atoms with Crippen LogP contribution in [0.4, 0.5) is 4.79 Å². The third-order valence-corrected chi connectivity index (χ3v) is 10.6. The second-order valence-electron chi connectivity index (χ2n) is 15.1. The van der Waals surface area contributed by atoms with E-state index in [2.05, 4.69) is 43.9 Å². The molecule has 1 aromatic rings. The van der Waals surface area contributed by atoms with Gasteiger partial charge >= 0.3 is 12.1 Å². The van der Waals surface area contributed by atoms with Gasteiger partial charge in [-0.3, -0.25) is 24.0 Å². The molecule has 0 bridgehead atoms. The van der Waals surface area contributed by atoms with Crippen LogP contribution < -0.4 is 21.3 Å². The van der Waals surface area contributed by atoms with Gasteiger partial charge in [0.15, 0.2) is 6.04 Å². The van der Waals surface area contributed by atoms with E-state index in [1.165, 1.54) is 17.0 Å². The van der Waals surface area contributed by atoms with Gasteiger partial charge in [0, 0.05) is 10.5 Å². The number of aliphatic hydroxyl groups excluding tert-OH is 1. The van der Waals surface area contributed by atoms with E-state index in [-0.39, 0.29) is 43.4 Å². The van der Waals surface area contributed by atoms with Crippen molar-refractivity contribution in [2.75, 3.05) is 19.8 Å². The molecule has 1 aliphatic carbocycles. The Morgan fingerprint density at radius 3 is 2.25 bits per heavy atom. The van der Waals surface area contributed by atoms with Crippen molar-refractivity contribution in [3.05, 3.63) is 35.9 Å². The van der Waals surface area contributed by atoms with Gasteiger partial charge in [-0.2, -0.15) is 0 Å². The van der Waals surface area contributed by atoms with Gasteiger partial charge < -0.3 is 41.1 Å². The largest absolute Gasteiger partial charge is 0.479 e. The lowest BCUT2D eigenvalue weighted by Gasteiger charge is -2.36. The molecule has 6 N–H and O–H groups in total. The number of hydrogen-bond acceptors (Lipinski definition) is 9. The molecule has 1 aliphatic heterocycles. The first-order valence-electron chi connectivity index (χ1n) is 18.2. The molecule has 1 aromatic carbocycles. The number of carbonyl (C=O) groups excluding carboxylic acids is 6. The highest BCUT2D eigenvalue weighted by Gasteiger charge is 2.48. The third kappa shape index (κ3) is 12.6. The molecule has 2 aliphatic rings. The van der Waals surface area contributed by atoms with Crippen molar-refractivity contribution < 1.29 is 48.5 Å². The van der Waals surface area contributed by atoms with Crippen molar-refractivity contribution in [3.63, 3.8) is 0 Å². The maximum atomic E-state index is 14.4. The number of amides is 5. The zero-order valence-corrected chi connectivity index (χ0v) is 33.2. The van der Waals surface area contributed by atoms with Crippen LogP contribution in [0.15, 0.2) is 30.3 Å². The number of aliphatic hydroxyl groups is 1. The number of aliphatic carboxylic acids is 1. The number of Topliss-reactive ketones (excluding diaryl/α,β-unsaturated/α-hetero) is 1. The molecule has 53 heavy (non-hydrogen) atoms. The average Bonchev–Trinajstić information content (AvgIpc) is 3.45. The fourth-order valence-corrected chi connectivity index (χ4v) is 7.85. The highest BCUT2D eigenvalue weighted by atomic mass is 127. The molecule has 0 radical (unpaired) electrons. The Labute approximate surface area is 324 Å². The van der Waals surface area contributed by atoms with Crippen molar-refractivity contribution >= 4 is 64.1 Å². The monoisotopic (exact) mass is 855 g/mol. The summed E-state index contributed by atoms with van der Waals surface area (Å²) in [7, 11) is 0. The van der Waals surface area contributed by atoms with Crippen LogP contribution in [0.5, 0.6) is 0 Å². The van der Waals surface area contributed by atoms with Gasteiger partial charge in [0.1, 0.15) is 18.1 Å². The van der Waals surface area contributed by atoms with Crippen LogP contribution in [0.1, 0.15) is 91.2 Å². The third-order valence-electron chi connectivity index (χ3n) is 9.42. The standard InChI is InChI=1S/C37H54IN5O10/c1-6-11-25(30(45)33(48)40-26(18-44)31(46)41-29(35(50)51)22-12-8-7-9-13-22)39-32(47)27-17-37(4,5)20-43(27)34(49)28(23-14-10-15-24(38)16-23)42-36(52)53-19-21(2)3/h7-9,12-13,21,23-29,44H,6,10-11,14-20H2,1-5H3,(H,39,47)(H,40,48)(H,41,46)(H,42,52)(H,50,51)/t23?,24?,25?,26-,27-,28-,29-/m0/s1. The zero-order valence-electron chi connectivity index (χ0n) is 31.1. The SMILES string of the molecule is CCCC(NC(=O)[C@@H]1CC(C)(C)CN1C(=O)[C@@H](NC(=O)OCC(C)C)C1CCCC(I)C1)C(=O)C(=O)N[C@@H](CO)C(=O)N[C@H](C(=O)O)c1ccccc1. The van der Waals surface area contributed by atoms with Crippen molar-refractivity contribution in [1.82, 2.24) is 26.2 Å². The number of ketones is 1. The molecule has 16 heteroatoms. The quantitative estimate of drug-likeness (QED) is 0.0765. The van der Waals surface area contributed by atoms with Gasteiger partial charge in [-0.1, -0.05) is 100 Å². The number of rotatable bonds is 17. The number of carboxylic acid groups (broad SMARTS) is 1. The molecule has 2 fully saturated rings. The number of likely N-dealkylation sites (tertiary alicyclic amines) is 1. The van der Waals surface area contributed by atoms with E-state index in [1.54, 1.807) is 25.1 Å². The molecule has 1 heterocycles. The Morgan fingerprint density at radius 2 is 1.66 bits per heavy atom. The summed E-state index contributed by atoms with van der Waals surface area (Å²) in [5.41, 5.74) is -0.239. The first-order chi connectivity index (χ1) is 25.0. The van der Waals surface area contributed by atoms with Gasteiger partial charge in [0.2, 0.25) is 23.5 Å². The maximum Gasteiger partial charge on any atom is 0.407 e. The lowest BCUT2D eigenvalue weighted by molar-refractivity contribution is -0.145. The number of carboxylic acids is 1. The molecular formula is C37H54IN5O10. The van der Waals surface area contributed by atoms with Crippen LogP contribution in [0.25, 0.3) is 0 Å².